The maximum absolute atomic E-state index is 11.8. The van der Waals surface area contributed by atoms with Crippen molar-refractivity contribution in [1.29, 1.82) is 0 Å². The average molecular weight is 324 g/mol. The number of carbonyl (C=O) groups is 2. The molecule has 2 heterocycles. The van der Waals surface area contributed by atoms with Gasteiger partial charge in [0.1, 0.15) is 5.01 Å². The van der Waals surface area contributed by atoms with E-state index in [-0.39, 0.29) is 23.7 Å². The predicted octanol–water partition coefficient (Wildman–Crippen LogP) is 2.94. The Labute approximate surface area is 131 Å². The van der Waals surface area contributed by atoms with Crippen molar-refractivity contribution in [2.75, 3.05) is 6.61 Å². The average Bonchev–Trinajstić information content (AvgIpc) is 3.03. The van der Waals surface area contributed by atoms with E-state index in [9.17, 15) is 9.59 Å². The molecule has 112 valence electrons. The van der Waals surface area contributed by atoms with E-state index in [4.69, 9.17) is 4.74 Å². The van der Waals surface area contributed by atoms with E-state index < -0.39 is 5.97 Å². The molecule has 0 aliphatic carbocycles. The topological polar surface area (TPSA) is 68.3 Å². The molecule has 0 saturated carbocycles. The molecule has 0 radical (unpaired) electrons. The van der Waals surface area contributed by atoms with E-state index in [2.05, 4.69) is 10.3 Å². The van der Waals surface area contributed by atoms with Crippen LogP contribution in [0.2, 0.25) is 0 Å². The number of hydrogen-bond donors (Lipinski definition) is 1. The summed E-state index contributed by atoms with van der Waals surface area (Å²) >= 11 is 2.94. The van der Waals surface area contributed by atoms with Crippen LogP contribution in [0.15, 0.2) is 22.2 Å². The second kappa shape index (κ2) is 6.36. The SMILES string of the molecule is CC(C)(C)NC(=O)COC(=O)c1csc(-c2ccsc2)n1. The summed E-state index contributed by atoms with van der Waals surface area (Å²) in [6, 6.07) is 1.94. The van der Waals surface area contributed by atoms with E-state index in [0.29, 0.717) is 0 Å². The van der Waals surface area contributed by atoms with Gasteiger partial charge in [0.2, 0.25) is 0 Å². The van der Waals surface area contributed by atoms with Crippen molar-refractivity contribution in [1.82, 2.24) is 10.3 Å². The van der Waals surface area contributed by atoms with E-state index in [1.807, 2.05) is 37.6 Å². The third-order valence-corrected chi connectivity index (χ3v) is 3.90. The minimum absolute atomic E-state index is 0.227. The van der Waals surface area contributed by atoms with Crippen LogP contribution in [0.3, 0.4) is 0 Å². The summed E-state index contributed by atoms with van der Waals surface area (Å²) in [4.78, 5) is 27.6. The van der Waals surface area contributed by atoms with Crippen molar-refractivity contribution in [3.8, 4) is 10.6 Å². The van der Waals surface area contributed by atoms with Crippen LogP contribution in [0.4, 0.5) is 0 Å². The number of esters is 1. The summed E-state index contributed by atoms with van der Waals surface area (Å²) in [5, 5.41) is 9.04. The first-order chi connectivity index (χ1) is 9.85. The van der Waals surface area contributed by atoms with Crippen molar-refractivity contribution in [2.24, 2.45) is 0 Å². The monoisotopic (exact) mass is 324 g/mol. The largest absolute Gasteiger partial charge is 0.451 e. The first-order valence-corrected chi connectivity index (χ1v) is 8.13. The maximum Gasteiger partial charge on any atom is 0.358 e. The number of nitrogens with one attached hydrogen (secondary N) is 1. The molecule has 0 aromatic carbocycles. The molecule has 2 aromatic rings. The van der Waals surface area contributed by atoms with Gasteiger partial charge in [-0.25, -0.2) is 9.78 Å². The number of hydrogen-bond acceptors (Lipinski definition) is 6. The summed E-state index contributed by atoms with van der Waals surface area (Å²) in [7, 11) is 0. The predicted molar refractivity (Wildman–Crippen MR) is 83.6 cm³/mol. The first-order valence-electron chi connectivity index (χ1n) is 6.31. The minimum atomic E-state index is -0.586. The normalized spacial score (nSPS) is 11.2. The smallest absolute Gasteiger partial charge is 0.358 e. The number of carbonyl (C=O) groups excluding carboxylic acids is 2. The van der Waals surface area contributed by atoms with E-state index in [1.165, 1.54) is 11.3 Å². The van der Waals surface area contributed by atoms with Gasteiger partial charge in [-0.05, 0) is 32.2 Å². The van der Waals surface area contributed by atoms with Gasteiger partial charge < -0.3 is 10.1 Å². The number of thiophene rings is 1. The molecule has 0 bridgehead atoms. The summed E-state index contributed by atoms with van der Waals surface area (Å²) in [6.45, 7) is 5.28. The first kappa shape index (κ1) is 15.7. The molecule has 2 rings (SSSR count). The zero-order valence-corrected chi connectivity index (χ0v) is 13.6. The van der Waals surface area contributed by atoms with Gasteiger partial charge >= 0.3 is 5.97 Å². The third kappa shape index (κ3) is 4.64. The highest BCUT2D eigenvalue weighted by Crippen LogP contribution is 2.25. The Morgan fingerprint density at radius 3 is 2.71 bits per heavy atom. The Balaban J connectivity index is 1.91. The van der Waals surface area contributed by atoms with Crippen molar-refractivity contribution < 1.29 is 14.3 Å². The van der Waals surface area contributed by atoms with E-state index >= 15 is 0 Å². The summed E-state index contributed by atoms with van der Waals surface area (Å²) in [6.07, 6.45) is 0. The third-order valence-electron chi connectivity index (χ3n) is 2.33. The van der Waals surface area contributed by atoms with Gasteiger partial charge in [-0.3, -0.25) is 4.79 Å². The highest BCUT2D eigenvalue weighted by Gasteiger charge is 2.17. The van der Waals surface area contributed by atoms with Crippen molar-refractivity contribution in [2.45, 2.75) is 26.3 Å². The molecular formula is C14H16N2O3S2. The number of rotatable bonds is 4. The number of thiazole rings is 1. The van der Waals surface area contributed by atoms with Gasteiger partial charge in [-0.2, -0.15) is 11.3 Å². The second-order valence-corrected chi connectivity index (χ2v) is 7.06. The molecular weight excluding hydrogens is 308 g/mol. The van der Waals surface area contributed by atoms with Crippen LogP contribution in [0.5, 0.6) is 0 Å². The fourth-order valence-electron chi connectivity index (χ4n) is 1.55. The number of aromatic nitrogens is 1. The van der Waals surface area contributed by atoms with Crippen LogP contribution in [-0.4, -0.2) is 29.0 Å². The van der Waals surface area contributed by atoms with Gasteiger partial charge in [0.15, 0.2) is 12.3 Å². The highest BCUT2D eigenvalue weighted by molar-refractivity contribution is 7.14. The van der Waals surface area contributed by atoms with Gasteiger partial charge in [-0.1, -0.05) is 0 Å². The number of amides is 1. The quantitative estimate of drug-likeness (QED) is 0.878. The number of nitrogens with zero attached hydrogens (tertiary/aromatic N) is 1. The highest BCUT2D eigenvalue weighted by atomic mass is 32.1. The lowest BCUT2D eigenvalue weighted by molar-refractivity contribution is -0.125. The molecule has 7 heteroatoms. The van der Waals surface area contributed by atoms with Gasteiger partial charge in [0.25, 0.3) is 5.91 Å². The molecule has 21 heavy (non-hydrogen) atoms. The summed E-state index contributed by atoms with van der Waals surface area (Å²) < 4.78 is 4.96. The molecule has 0 saturated heterocycles. The summed E-state index contributed by atoms with van der Waals surface area (Å²) in [5.41, 5.74) is 0.857. The van der Waals surface area contributed by atoms with Gasteiger partial charge in [0, 0.05) is 21.9 Å². The van der Waals surface area contributed by atoms with Crippen LogP contribution in [0.25, 0.3) is 10.6 Å². The molecule has 0 aliphatic heterocycles. The molecule has 1 amide bonds. The second-order valence-electron chi connectivity index (χ2n) is 5.42. The Morgan fingerprint density at radius 1 is 1.33 bits per heavy atom. The molecule has 5 nitrogen and oxygen atoms in total. The van der Waals surface area contributed by atoms with Crippen LogP contribution in [0.1, 0.15) is 31.3 Å². The van der Waals surface area contributed by atoms with Crippen LogP contribution < -0.4 is 5.32 Å². The Morgan fingerprint density at radius 2 is 2.10 bits per heavy atom. The van der Waals surface area contributed by atoms with Crippen LogP contribution in [0, 0.1) is 0 Å². The van der Waals surface area contributed by atoms with Gasteiger partial charge in [0.05, 0.1) is 0 Å². The summed E-state index contributed by atoms with van der Waals surface area (Å²) in [5.74, 6) is -0.916. The van der Waals surface area contributed by atoms with Crippen molar-refractivity contribution >= 4 is 34.6 Å². The molecule has 0 unspecified atom stereocenters. The Kier molecular flexibility index (Phi) is 4.74. The van der Waals surface area contributed by atoms with E-state index in [1.54, 1.807) is 16.7 Å². The number of ether oxygens (including phenoxy) is 1. The van der Waals surface area contributed by atoms with Gasteiger partial charge in [-0.15, -0.1) is 11.3 Å². The van der Waals surface area contributed by atoms with Crippen molar-refractivity contribution in [3.63, 3.8) is 0 Å². The standard InChI is InChI=1S/C14H16N2O3S2/c1-14(2,3)16-11(17)6-19-13(18)10-8-21-12(15-10)9-4-5-20-7-9/h4-5,7-8H,6H2,1-3H3,(H,16,17). The van der Waals surface area contributed by atoms with Crippen molar-refractivity contribution in [3.05, 3.63) is 27.9 Å². The van der Waals surface area contributed by atoms with E-state index in [0.717, 1.165) is 10.6 Å². The lowest BCUT2D eigenvalue weighted by atomic mass is 10.1. The fraction of sp³-hybridized carbons (Fsp3) is 0.357. The lowest BCUT2D eigenvalue weighted by Crippen LogP contribution is -2.42. The Bertz CT molecular complexity index is 627. The molecule has 0 aliphatic rings. The fourth-order valence-corrected chi connectivity index (χ4v) is 3.05. The zero-order chi connectivity index (χ0) is 15.5. The van der Waals surface area contributed by atoms with Crippen LogP contribution in [-0.2, 0) is 9.53 Å². The van der Waals surface area contributed by atoms with Crippen LogP contribution >= 0.6 is 22.7 Å². The minimum Gasteiger partial charge on any atom is -0.451 e. The maximum atomic E-state index is 11.8. The molecule has 0 fully saturated rings. The molecule has 0 spiro atoms. The zero-order valence-electron chi connectivity index (χ0n) is 12.0. The Hall–Kier alpha value is -1.73. The molecule has 2 aromatic heterocycles. The lowest BCUT2D eigenvalue weighted by Gasteiger charge is -2.20. The molecule has 1 N–H and O–H groups in total. The molecule has 0 atom stereocenters.